The average molecular weight is 411 g/mol. The zero-order valence-corrected chi connectivity index (χ0v) is 18.1. The smallest absolute Gasteiger partial charge is 0.274 e. The van der Waals surface area contributed by atoms with Gasteiger partial charge in [0, 0.05) is 55.4 Å². The van der Waals surface area contributed by atoms with Crippen molar-refractivity contribution in [1.29, 1.82) is 0 Å². The van der Waals surface area contributed by atoms with E-state index in [1.807, 2.05) is 0 Å². The van der Waals surface area contributed by atoms with Crippen molar-refractivity contribution in [1.82, 2.24) is 20.4 Å². The number of aromatic amines is 1. The van der Waals surface area contributed by atoms with Crippen LogP contribution in [0.15, 0.2) is 0 Å². The van der Waals surface area contributed by atoms with E-state index in [1.165, 1.54) is 32.1 Å². The van der Waals surface area contributed by atoms with Crippen LogP contribution in [0.2, 0.25) is 0 Å². The third-order valence-electron chi connectivity index (χ3n) is 7.01. The number of H-pyrrole nitrogens is 1. The number of carbonyl (C=O) groups excluding carboxylic acids is 1. The third kappa shape index (κ3) is 3.59. The average Bonchev–Trinajstić information content (AvgIpc) is 3.14. The number of halogens is 1. The molecule has 1 aromatic rings. The topological polar surface area (TPSA) is 70.2 Å². The minimum absolute atomic E-state index is 0. The summed E-state index contributed by atoms with van der Waals surface area (Å²) in [5, 5.41) is 10.9. The van der Waals surface area contributed by atoms with Gasteiger partial charge in [-0.25, -0.2) is 0 Å². The van der Waals surface area contributed by atoms with E-state index in [4.69, 9.17) is 4.74 Å². The van der Waals surface area contributed by atoms with Gasteiger partial charge in [0.25, 0.3) is 5.91 Å². The van der Waals surface area contributed by atoms with Crippen molar-refractivity contribution in [3.05, 3.63) is 17.0 Å². The molecule has 1 aromatic heterocycles. The van der Waals surface area contributed by atoms with Gasteiger partial charge >= 0.3 is 0 Å². The molecule has 0 saturated heterocycles. The second kappa shape index (κ2) is 9.14. The molecule has 2 unspecified atom stereocenters. The molecule has 3 aliphatic rings. The fourth-order valence-corrected chi connectivity index (χ4v) is 5.64. The Morgan fingerprint density at radius 2 is 2.07 bits per heavy atom. The Hall–Kier alpha value is -1.11. The molecular formula is C21H35ClN4O2. The maximum Gasteiger partial charge on any atom is 0.274 e. The molecule has 0 radical (unpaired) electrons. The Balaban J connectivity index is 0.00000225. The zero-order chi connectivity index (χ0) is 18.9. The lowest BCUT2D eigenvalue weighted by Gasteiger charge is -2.60. The minimum atomic E-state index is 0. The highest BCUT2D eigenvalue weighted by atomic mass is 35.5. The van der Waals surface area contributed by atoms with E-state index in [2.05, 4.69) is 34.3 Å². The Morgan fingerprint density at radius 1 is 1.29 bits per heavy atom. The van der Waals surface area contributed by atoms with Crippen LogP contribution in [0.5, 0.6) is 0 Å². The summed E-state index contributed by atoms with van der Waals surface area (Å²) in [6, 6.07) is 0.297. The van der Waals surface area contributed by atoms with Crippen molar-refractivity contribution < 1.29 is 9.53 Å². The van der Waals surface area contributed by atoms with E-state index in [1.54, 1.807) is 0 Å². The number of aromatic nitrogens is 2. The van der Waals surface area contributed by atoms with Crippen molar-refractivity contribution in [2.24, 2.45) is 5.41 Å². The first-order valence-corrected chi connectivity index (χ1v) is 10.9. The van der Waals surface area contributed by atoms with E-state index in [9.17, 15) is 4.79 Å². The van der Waals surface area contributed by atoms with Crippen LogP contribution in [-0.2, 0) is 17.7 Å². The normalized spacial score (nSPS) is 25.5. The van der Waals surface area contributed by atoms with E-state index >= 15 is 0 Å². The Kier molecular flexibility index (Phi) is 7.05. The molecule has 4 rings (SSSR count). The standard InChI is InChI=1S/C21H34N4O2.ClH/c1-3-12-25(20(26)19-15-14-22-11-8-16(15)23-24-19)17-13-18(27-4-2)21(17)9-6-5-7-10-21;/h17-18,22H,3-14H2,1-2H3,(H,23,24);1H. The molecule has 1 aliphatic heterocycles. The maximum atomic E-state index is 13.6. The van der Waals surface area contributed by atoms with Crippen molar-refractivity contribution >= 4 is 18.3 Å². The number of hydrogen-bond donors (Lipinski definition) is 2. The first-order chi connectivity index (χ1) is 13.2. The predicted octanol–water partition coefficient (Wildman–Crippen LogP) is 3.46. The fraction of sp³-hybridized carbons (Fsp3) is 0.810. The van der Waals surface area contributed by atoms with E-state index in [0.29, 0.717) is 17.8 Å². The molecule has 2 atom stereocenters. The van der Waals surface area contributed by atoms with Crippen molar-refractivity contribution in [3.63, 3.8) is 0 Å². The molecule has 2 aliphatic carbocycles. The lowest BCUT2D eigenvalue weighted by Crippen LogP contribution is -2.66. The van der Waals surface area contributed by atoms with Crippen LogP contribution < -0.4 is 5.32 Å². The molecule has 0 bridgehead atoms. The lowest BCUT2D eigenvalue weighted by atomic mass is 9.54. The summed E-state index contributed by atoms with van der Waals surface area (Å²) in [6.07, 6.45) is 9.40. The quantitative estimate of drug-likeness (QED) is 0.753. The van der Waals surface area contributed by atoms with Crippen molar-refractivity contribution in [2.45, 2.75) is 83.9 Å². The SMILES string of the molecule is CCCN(C(=O)c1n[nH]c2c1CNCC2)C1CC(OCC)C12CCCCC2.Cl. The predicted molar refractivity (Wildman–Crippen MR) is 112 cm³/mol. The van der Waals surface area contributed by atoms with Crippen LogP contribution in [0, 0.1) is 5.41 Å². The van der Waals surface area contributed by atoms with Crippen LogP contribution in [0.3, 0.4) is 0 Å². The van der Waals surface area contributed by atoms with Crippen LogP contribution in [0.4, 0.5) is 0 Å². The molecule has 2 N–H and O–H groups in total. The number of hydrogen-bond acceptors (Lipinski definition) is 4. The van der Waals surface area contributed by atoms with Crippen molar-refractivity contribution in [2.75, 3.05) is 19.7 Å². The molecule has 2 saturated carbocycles. The summed E-state index contributed by atoms with van der Waals surface area (Å²) in [4.78, 5) is 15.7. The van der Waals surface area contributed by atoms with Gasteiger partial charge in [0.05, 0.1) is 6.10 Å². The molecule has 0 aromatic carbocycles. The largest absolute Gasteiger partial charge is 0.378 e. The molecule has 2 fully saturated rings. The Morgan fingerprint density at radius 3 is 2.79 bits per heavy atom. The summed E-state index contributed by atoms with van der Waals surface area (Å²) >= 11 is 0. The highest BCUT2D eigenvalue weighted by Crippen LogP contribution is 2.55. The molecular weight excluding hydrogens is 376 g/mol. The van der Waals surface area contributed by atoms with E-state index in [0.717, 1.165) is 56.8 Å². The number of carbonyl (C=O) groups is 1. The monoisotopic (exact) mass is 410 g/mol. The Bertz CT molecular complexity index is 671. The van der Waals surface area contributed by atoms with Gasteiger partial charge in [0.1, 0.15) is 0 Å². The number of amides is 1. The van der Waals surface area contributed by atoms with Crippen LogP contribution in [-0.4, -0.2) is 52.8 Å². The molecule has 158 valence electrons. The van der Waals surface area contributed by atoms with Gasteiger partial charge in [-0.05, 0) is 32.6 Å². The van der Waals surface area contributed by atoms with Gasteiger partial charge < -0.3 is 15.0 Å². The summed E-state index contributed by atoms with van der Waals surface area (Å²) in [5.74, 6) is 0.114. The number of nitrogens with one attached hydrogen (secondary N) is 2. The molecule has 2 heterocycles. The molecule has 1 amide bonds. The van der Waals surface area contributed by atoms with Gasteiger partial charge in [-0.3, -0.25) is 9.89 Å². The van der Waals surface area contributed by atoms with Gasteiger partial charge in [0.2, 0.25) is 0 Å². The van der Waals surface area contributed by atoms with Crippen LogP contribution in [0.25, 0.3) is 0 Å². The number of nitrogens with zero attached hydrogens (tertiary/aromatic N) is 2. The summed E-state index contributed by atoms with van der Waals surface area (Å²) < 4.78 is 6.12. The summed E-state index contributed by atoms with van der Waals surface area (Å²) in [5.41, 5.74) is 3.00. The van der Waals surface area contributed by atoms with Crippen LogP contribution >= 0.6 is 12.4 Å². The first-order valence-electron chi connectivity index (χ1n) is 10.9. The summed E-state index contributed by atoms with van der Waals surface area (Å²) in [6.45, 7) is 7.50. The molecule has 28 heavy (non-hydrogen) atoms. The minimum Gasteiger partial charge on any atom is -0.378 e. The van der Waals surface area contributed by atoms with E-state index in [-0.39, 0.29) is 23.7 Å². The second-order valence-electron chi connectivity index (χ2n) is 8.44. The highest BCUT2D eigenvalue weighted by molar-refractivity contribution is 5.94. The van der Waals surface area contributed by atoms with E-state index < -0.39 is 0 Å². The number of rotatable bonds is 6. The van der Waals surface area contributed by atoms with Gasteiger partial charge in [-0.2, -0.15) is 5.10 Å². The van der Waals surface area contributed by atoms with Crippen LogP contribution in [0.1, 0.15) is 80.5 Å². The first kappa shape index (κ1) is 21.6. The molecule has 7 heteroatoms. The molecule has 6 nitrogen and oxygen atoms in total. The van der Waals surface area contributed by atoms with Gasteiger partial charge in [-0.15, -0.1) is 12.4 Å². The second-order valence-corrected chi connectivity index (χ2v) is 8.44. The highest BCUT2D eigenvalue weighted by Gasteiger charge is 2.58. The zero-order valence-electron chi connectivity index (χ0n) is 17.3. The maximum absolute atomic E-state index is 13.6. The van der Waals surface area contributed by atoms with Gasteiger partial charge in [-0.1, -0.05) is 26.2 Å². The molecule has 1 spiro atoms. The summed E-state index contributed by atoms with van der Waals surface area (Å²) in [7, 11) is 0. The third-order valence-corrected chi connectivity index (χ3v) is 7.01. The van der Waals surface area contributed by atoms with Gasteiger partial charge in [0.15, 0.2) is 5.69 Å². The lowest BCUT2D eigenvalue weighted by molar-refractivity contribution is -0.174. The Labute approximate surface area is 174 Å². The fourth-order valence-electron chi connectivity index (χ4n) is 5.64. The number of fused-ring (bicyclic) bond motifs is 1. The van der Waals surface area contributed by atoms with Crippen molar-refractivity contribution in [3.8, 4) is 0 Å². The number of ether oxygens (including phenoxy) is 1.